The fourth-order valence-corrected chi connectivity index (χ4v) is 14.0. The van der Waals surface area contributed by atoms with Gasteiger partial charge in [0.2, 0.25) is 0 Å². The van der Waals surface area contributed by atoms with Crippen molar-refractivity contribution in [1.82, 2.24) is 0 Å². The van der Waals surface area contributed by atoms with E-state index in [9.17, 15) is 0 Å². The Kier molecular flexibility index (Phi) is 6.28. The average Bonchev–Trinajstić information content (AvgIpc) is 3.85. The monoisotopic (exact) mass is 674 g/mol. The highest BCUT2D eigenvalue weighted by molar-refractivity contribution is 7.74. The summed E-state index contributed by atoms with van der Waals surface area (Å²) in [6.07, 6.45) is 11.2. The van der Waals surface area contributed by atoms with Gasteiger partial charge in [-0.1, -0.05) is 152 Å². The maximum absolute atomic E-state index is 2.60. The van der Waals surface area contributed by atoms with Gasteiger partial charge in [-0.15, -0.1) is 11.3 Å². The number of hydrogen-bond acceptors (Lipinski definition) is 1. The summed E-state index contributed by atoms with van der Waals surface area (Å²) in [5.74, 6) is 0. The highest BCUT2D eigenvalue weighted by Gasteiger charge is 2.39. The van der Waals surface area contributed by atoms with Crippen LogP contribution in [-0.4, -0.2) is 5.66 Å². The summed E-state index contributed by atoms with van der Waals surface area (Å²) in [5.41, 5.74) is 9.22. The first-order chi connectivity index (χ1) is 24.6. The molecule has 0 aliphatic heterocycles. The molecular formula is C48H35PS. The van der Waals surface area contributed by atoms with Crippen LogP contribution >= 0.6 is 19.3 Å². The average molecular weight is 675 g/mol. The van der Waals surface area contributed by atoms with Crippen LogP contribution in [0.4, 0.5) is 0 Å². The highest BCUT2D eigenvalue weighted by atomic mass is 32.1. The van der Waals surface area contributed by atoms with Crippen molar-refractivity contribution in [3.8, 4) is 22.3 Å². The molecule has 1 heterocycles. The topological polar surface area (TPSA) is 0 Å². The molecule has 0 nitrogen and oxygen atoms in total. The lowest BCUT2D eigenvalue weighted by molar-refractivity contribution is 0.487. The van der Waals surface area contributed by atoms with Crippen molar-refractivity contribution < 1.29 is 0 Å². The fourth-order valence-electron chi connectivity index (χ4n) is 9.48. The fraction of sp³-hybridized carbons (Fsp3) is 0.125. The molecule has 238 valence electrons. The predicted molar refractivity (Wildman–Crippen MR) is 220 cm³/mol. The van der Waals surface area contributed by atoms with E-state index < -0.39 is 7.92 Å². The molecule has 0 amide bonds. The Morgan fingerprint density at radius 3 is 1.94 bits per heavy atom. The lowest BCUT2D eigenvalue weighted by Gasteiger charge is -2.33. The van der Waals surface area contributed by atoms with E-state index in [1.807, 2.05) is 11.3 Å². The van der Waals surface area contributed by atoms with Crippen LogP contribution in [0.3, 0.4) is 0 Å². The second-order valence-electron chi connectivity index (χ2n) is 14.6. The van der Waals surface area contributed by atoms with Crippen LogP contribution in [0.5, 0.6) is 0 Å². The van der Waals surface area contributed by atoms with Crippen molar-refractivity contribution in [2.75, 3.05) is 0 Å². The van der Waals surface area contributed by atoms with E-state index in [0.717, 1.165) is 19.3 Å². The molecule has 8 aromatic rings. The first kappa shape index (κ1) is 29.0. The van der Waals surface area contributed by atoms with E-state index in [-0.39, 0.29) is 5.41 Å². The molecule has 1 unspecified atom stereocenters. The molecule has 0 spiro atoms. The summed E-state index contributed by atoms with van der Waals surface area (Å²) in [6.45, 7) is 2.52. The number of hydrogen-bond donors (Lipinski definition) is 0. The van der Waals surface area contributed by atoms with Gasteiger partial charge in [0, 0.05) is 26.0 Å². The van der Waals surface area contributed by atoms with E-state index >= 15 is 0 Å². The van der Waals surface area contributed by atoms with Crippen molar-refractivity contribution in [1.29, 1.82) is 0 Å². The summed E-state index contributed by atoms with van der Waals surface area (Å²) in [4.78, 5) is 1.47. The molecule has 50 heavy (non-hydrogen) atoms. The van der Waals surface area contributed by atoms with Gasteiger partial charge in [0.25, 0.3) is 0 Å². The molecule has 2 heteroatoms. The smallest absolute Gasteiger partial charge is 0.0364 e. The van der Waals surface area contributed by atoms with E-state index in [1.54, 1.807) is 11.1 Å². The van der Waals surface area contributed by atoms with Crippen molar-refractivity contribution in [2.24, 2.45) is 5.41 Å². The van der Waals surface area contributed by atoms with Crippen LogP contribution in [0.25, 0.3) is 70.7 Å². The van der Waals surface area contributed by atoms with E-state index in [0.29, 0.717) is 5.66 Å². The van der Waals surface area contributed by atoms with Crippen molar-refractivity contribution in [3.63, 3.8) is 0 Å². The van der Waals surface area contributed by atoms with E-state index in [2.05, 4.69) is 159 Å². The maximum atomic E-state index is 2.60. The SMILES string of the molecule is C[C@@]1(C2=Cc3sc4cc5c6c(cccc6c4c3CC2)-c2ccccc2-5)C=CC(P(c2cccc3ccccc23)c2cccc3ccccc23)C1. The molecule has 0 N–H and O–H groups in total. The Labute approximate surface area is 298 Å². The Morgan fingerprint density at radius 1 is 0.600 bits per heavy atom. The number of rotatable bonds is 4. The first-order valence-electron chi connectivity index (χ1n) is 17.9. The van der Waals surface area contributed by atoms with Gasteiger partial charge in [-0.25, -0.2) is 0 Å². The molecular weight excluding hydrogens is 640 g/mol. The predicted octanol–water partition coefficient (Wildman–Crippen LogP) is 12.8. The Balaban J connectivity index is 1.02. The van der Waals surface area contributed by atoms with Gasteiger partial charge in [-0.2, -0.15) is 0 Å². The zero-order valence-electron chi connectivity index (χ0n) is 28.0. The van der Waals surface area contributed by atoms with Gasteiger partial charge in [-0.3, -0.25) is 0 Å². The minimum atomic E-state index is -0.653. The van der Waals surface area contributed by atoms with Crippen LogP contribution in [0.15, 0.2) is 151 Å². The molecule has 2 atom stereocenters. The summed E-state index contributed by atoms with van der Waals surface area (Å²) in [7, 11) is -0.653. The van der Waals surface area contributed by atoms with Gasteiger partial charge >= 0.3 is 0 Å². The number of aryl methyl sites for hydroxylation is 1. The summed E-state index contributed by atoms with van der Waals surface area (Å²) < 4.78 is 1.43. The molecule has 3 aliphatic carbocycles. The van der Waals surface area contributed by atoms with Gasteiger partial charge in [0.05, 0.1) is 0 Å². The minimum Gasteiger partial charge on any atom is -0.135 e. The molecule has 0 fully saturated rings. The summed E-state index contributed by atoms with van der Waals surface area (Å²) in [5, 5.41) is 12.8. The number of allylic oxidation sites excluding steroid dienone is 3. The van der Waals surface area contributed by atoms with Crippen LogP contribution in [0.2, 0.25) is 0 Å². The van der Waals surface area contributed by atoms with Crippen molar-refractivity contribution >= 4 is 78.3 Å². The van der Waals surface area contributed by atoms with Gasteiger partial charge in [-0.05, 0) is 110 Å². The van der Waals surface area contributed by atoms with Gasteiger partial charge in [0.1, 0.15) is 0 Å². The normalized spacial score (nSPS) is 19.2. The number of benzene rings is 7. The van der Waals surface area contributed by atoms with Gasteiger partial charge in [0.15, 0.2) is 0 Å². The third kappa shape index (κ3) is 4.14. The van der Waals surface area contributed by atoms with Gasteiger partial charge < -0.3 is 0 Å². The molecule has 0 radical (unpaired) electrons. The number of fused-ring (bicyclic) bond motifs is 9. The Hall–Kier alpha value is -4.81. The molecule has 0 saturated carbocycles. The summed E-state index contributed by atoms with van der Waals surface area (Å²) in [6, 6.07) is 50.3. The molecule has 1 aromatic heterocycles. The van der Waals surface area contributed by atoms with Crippen LogP contribution in [0, 0.1) is 5.41 Å². The Morgan fingerprint density at radius 2 is 1.20 bits per heavy atom. The largest absolute Gasteiger partial charge is 0.135 e. The first-order valence-corrected chi connectivity index (χ1v) is 20.1. The standard InChI is InChI=1S/C48H35PS/c1-48(32-23-24-39-44(27-32)50-45-28-41-37-18-7-6-17-36(37)38-19-10-20-40(46(38)41)47(39)45)26-25-33(29-48)49(42-21-8-13-30-11-2-4-15-34(30)42)43-22-9-14-31-12-3-5-16-35(31)43/h2-22,25-28,33H,23-24,29H2,1H3/t33?,48-/m1/s1. The van der Waals surface area contributed by atoms with Crippen molar-refractivity contribution in [2.45, 2.75) is 31.8 Å². The van der Waals surface area contributed by atoms with Crippen LogP contribution in [0.1, 0.15) is 30.2 Å². The quantitative estimate of drug-likeness (QED) is 0.129. The number of thiophene rings is 1. The third-order valence-electron chi connectivity index (χ3n) is 11.8. The molecule has 3 aliphatic rings. The molecule has 7 aromatic carbocycles. The van der Waals surface area contributed by atoms with Crippen LogP contribution < -0.4 is 10.6 Å². The third-order valence-corrected chi connectivity index (χ3v) is 15.8. The van der Waals surface area contributed by atoms with E-state index in [4.69, 9.17) is 0 Å². The summed E-state index contributed by atoms with van der Waals surface area (Å²) >= 11 is 2.01. The maximum Gasteiger partial charge on any atom is 0.0364 e. The van der Waals surface area contributed by atoms with Crippen LogP contribution in [-0.2, 0) is 6.42 Å². The molecule has 0 saturated heterocycles. The lowest BCUT2D eigenvalue weighted by Crippen LogP contribution is -2.24. The molecule has 11 rings (SSSR count). The molecule has 0 bridgehead atoms. The lowest BCUT2D eigenvalue weighted by atomic mass is 9.76. The second kappa shape index (κ2) is 10.8. The Bertz CT molecular complexity index is 2690. The zero-order chi connectivity index (χ0) is 33.0. The highest BCUT2D eigenvalue weighted by Crippen LogP contribution is 2.57. The minimum absolute atomic E-state index is 0.0407. The zero-order valence-corrected chi connectivity index (χ0v) is 29.7. The second-order valence-corrected chi connectivity index (χ2v) is 18.1. The van der Waals surface area contributed by atoms with E-state index in [1.165, 1.54) is 80.1 Å². The van der Waals surface area contributed by atoms with Crippen molar-refractivity contribution in [3.05, 3.63) is 162 Å².